The van der Waals surface area contributed by atoms with Crippen molar-refractivity contribution in [2.24, 2.45) is 10.9 Å². The van der Waals surface area contributed by atoms with Crippen LogP contribution in [0.15, 0.2) is 4.99 Å². The van der Waals surface area contributed by atoms with Gasteiger partial charge in [0.1, 0.15) is 6.54 Å². The Balaban J connectivity index is 2.91. The van der Waals surface area contributed by atoms with Crippen molar-refractivity contribution in [3.05, 3.63) is 0 Å². The third-order valence-electron chi connectivity index (χ3n) is 5.30. The Morgan fingerprint density at radius 1 is 1.30 bits per heavy atom. The maximum Gasteiger partial charge on any atom is 0.243 e. The van der Waals surface area contributed by atoms with E-state index >= 15 is 0 Å². The number of nitrogens with zero attached hydrogens (tertiary/aromatic N) is 3. The first-order valence-electron chi connectivity index (χ1n) is 9.99. The van der Waals surface area contributed by atoms with Crippen molar-refractivity contribution >= 4 is 21.7 Å². The molecule has 158 valence electrons. The Morgan fingerprint density at radius 2 is 1.96 bits per heavy atom. The van der Waals surface area contributed by atoms with Crippen LogP contribution in [0.25, 0.3) is 0 Å². The fourth-order valence-corrected chi connectivity index (χ4v) is 4.42. The molecule has 1 saturated heterocycles. The zero-order valence-corrected chi connectivity index (χ0v) is 18.7. The number of aliphatic imine (C=N–C) groups is 1. The second-order valence-electron chi connectivity index (χ2n) is 8.23. The molecule has 7 nitrogen and oxygen atoms in total. The molecular formula is C19H38N4O3S. The number of carbonyl (C=O) groups is 1. The SMILES string of the molecule is CCCCC(CC)CNC(=NCC(=O)N(C)C)N1CCS(=O)(=O)C(C)(C)C1. The highest BCUT2D eigenvalue weighted by Crippen LogP contribution is 2.24. The number of amides is 1. The van der Waals surface area contributed by atoms with Gasteiger partial charge in [-0.3, -0.25) is 4.79 Å². The number of rotatable bonds is 8. The molecule has 1 N–H and O–H groups in total. The standard InChI is InChI=1S/C19H38N4O3S/c1-7-9-10-16(8-2)13-20-18(21-14-17(24)22(5)6)23-11-12-27(25,26)19(3,4)15-23/h16H,7-15H2,1-6H3,(H,20,21). The summed E-state index contributed by atoms with van der Waals surface area (Å²) in [6, 6.07) is 0. The van der Waals surface area contributed by atoms with Gasteiger partial charge in [-0.1, -0.05) is 33.1 Å². The molecule has 0 spiro atoms. The summed E-state index contributed by atoms with van der Waals surface area (Å²) < 4.78 is 23.8. The Labute approximate surface area is 165 Å². The molecular weight excluding hydrogens is 364 g/mol. The molecule has 1 heterocycles. The molecule has 0 aromatic heterocycles. The quantitative estimate of drug-likeness (QED) is 0.494. The molecule has 1 aliphatic rings. The van der Waals surface area contributed by atoms with Crippen molar-refractivity contribution in [3.63, 3.8) is 0 Å². The number of unbranched alkanes of at least 4 members (excludes halogenated alkanes) is 1. The highest BCUT2D eigenvalue weighted by Gasteiger charge is 2.41. The van der Waals surface area contributed by atoms with Gasteiger partial charge in [0.05, 0.1) is 10.5 Å². The average Bonchev–Trinajstić information content (AvgIpc) is 2.59. The largest absolute Gasteiger partial charge is 0.356 e. The number of guanidine groups is 1. The molecule has 1 rings (SSSR count). The number of carbonyl (C=O) groups excluding carboxylic acids is 1. The van der Waals surface area contributed by atoms with Crippen LogP contribution in [-0.4, -0.2) is 80.9 Å². The van der Waals surface area contributed by atoms with Gasteiger partial charge < -0.3 is 15.1 Å². The van der Waals surface area contributed by atoms with E-state index in [4.69, 9.17) is 0 Å². The van der Waals surface area contributed by atoms with Gasteiger partial charge in [-0.15, -0.1) is 0 Å². The third-order valence-corrected chi connectivity index (χ3v) is 7.83. The van der Waals surface area contributed by atoms with Crippen LogP contribution >= 0.6 is 0 Å². The van der Waals surface area contributed by atoms with Crippen LogP contribution in [-0.2, 0) is 14.6 Å². The second-order valence-corrected chi connectivity index (χ2v) is 11.0. The Morgan fingerprint density at radius 3 is 2.48 bits per heavy atom. The zero-order chi connectivity index (χ0) is 20.7. The van der Waals surface area contributed by atoms with Gasteiger partial charge in [0.15, 0.2) is 15.8 Å². The van der Waals surface area contributed by atoms with Gasteiger partial charge in [0.2, 0.25) is 5.91 Å². The maximum absolute atomic E-state index is 12.3. The van der Waals surface area contributed by atoms with E-state index in [2.05, 4.69) is 24.2 Å². The Bertz CT molecular complexity index is 614. The average molecular weight is 403 g/mol. The first-order chi connectivity index (χ1) is 12.5. The molecule has 0 saturated carbocycles. The zero-order valence-electron chi connectivity index (χ0n) is 17.9. The Hall–Kier alpha value is -1.31. The minimum absolute atomic E-state index is 0.0603. The van der Waals surface area contributed by atoms with Crippen molar-refractivity contribution in [1.29, 1.82) is 0 Å². The molecule has 0 radical (unpaired) electrons. The van der Waals surface area contributed by atoms with E-state index < -0.39 is 14.6 Å². The second kappa shape index (κ2) is 10.3. The van der Waals surface area contributed by atoms with E-state index in [1.54, 1.807) is 27.9 Å². The van der Waals surface area contributed by atoms with Gasteiger partial charge in [0.25, 0.3) is 0 Å². The van der Waals surface area contributed by atoms with Gasteiger partial charge in [-0.05, 0) is 26.2 Å². The molecule has 1 fully saturated rings. The summed E-state index contributed by atoms with van der Waals surface area (Å²) in [5.41, 5.74) is 0. The lowest BCUT2D eigenvalue weighted by Gasteiger charge is -2.39. The fourth-order valence-electron chi connectivity index (χ4n) is 3.06. The van der Waals surface area contributed by atoms with E-state index in [1.165, 1.54) is 17.7 Å². The molecule has 1 unspecified atom stereocenters. The lowest BCUT2D eigenvalue weighted by atomic mass is 9.99. The van der Waals surface area contributed by atoms with Crippen LogP contribution in [0.1, 0.15) is 53.4 Å². The minimum Gasteiger partial charge on any atom is -0.356 e. The Kier molecular flexibility index (Phi) is 9.05. The molecule has 0 aromatic rings. The number of sulfone groups is 1. The topological polar surface area (TPSA) is 82.1 Å². The molecule has 0 aromatic carbocycles. The van der Waals surface area contributed by atoms with Gasteiger partial charge in [-0.25, -0.2) is 13.4 Å². The third kappa shape index (κ3) is 6.97. The van der Waals surface area contributed by atoms with Crippen molar-refractivity contribution in [2.75, 3.05) is 46.0 Å². The summed E-state index contributed by atoms with van der Waals surface area (Å²) in [7, 11) is 0.296. The van der Waals surface area contributed by atoms with Crippen LogP contribution < -0.4 is 5.32 Å². The van der Waals surface area contributed by atoms with Crippen molar-refractivity contribution in [2.45, 2.75) is 58.1 Å². The summed E-state index contributed by atoms with van der Waals surface area (Å²) in [5, 5.41) is 3.42. The highest BCUT2D eigenvalue weighted by atomic mass is 32.2. The molecule has 0 aliphatic carbocycles. The van der Waals surface area contributed by atoms with E-state index in [-0.39, 0.29) is 18.2 Å². The maximum atomic E-state index is 12.3. The predicted molar refractivity (Wildman–Crippen MR) is 112 cm³/mol. The van der Waals surface area contributed by atoms with E-state index in [9.17, 15) is 13.2 Å². The molecule has 27 heavy (non-hydrogen) atoms. The number of hydrogen-bond donors (Lipinski definition) is 1. The van der Waals surface area contributed by atoms with Gasteiger partial charge >= 0.3 is 0 Å². The summed E-state index contributed by atoms with van der Waals surface area (Å²) >= 11 is 0. The molecule has 8 heteroatoms. The van der Waals surface area contributed by atoms with E-state index in [1.807, 2.05) is 4.90 Å². The van der Waals surface area contributed by atoms with Crippen LogP contribution in [0, 0.1) is 5.92 Å². The normalized spacial score (nSPS) is 20.2. The summed E-state index contributed by atoms with van der Waals surface area (Å²) in [5.74, 6) is 1.22. The van der Waals surface area contributed by atoms with Crippen LogP contribution in [0.2, 0.25) is 0 Å². The first-order valence-corrected chi connectivity index (χ1v) is 11.6. The molecule has 1 aliphatic heterocycles. The van der Waals surface area contributed by atoms with Crippen LogP contribution in [0.4, 0.5) is 0 Å². The summed E-state index contributed by atoms with van der Waals surface area (Å²) in [6.45, 7) is 9.52. The first kappa shape index (κ1) is 23.7. The minimum atomic E-state index is -3.12. The van der Waals surface area contributed by atoms with Crippen molar-refractivity contribution in [3.8, 4) is 0 Å². The summed E-state index contributed by atoms with van der Waals surface area (Å²) in [4.78, 5) is 20.0. The molecule has 0 bridgehead atoms. The van der Waals surface area contributed by atoms with Crippen molar-refractivity contribution in [1.82, 2.24) is 15.1 Å². The molecule has 1 atom stereocenters. The fraction of sp³-hybridized carbons (Fsp3) is 0.895. The number of nitrogens with one attached hydrogen (secondary N) is 1. The van der Waals surface area contributed by atoms with Crippen LogP contribution in [0.5, 0.6) is 0 Å². The molecule has 1 amide bonds. The predicted octanol–water partition coefficient (Wildman–Crippen LogP) is 1.75. The van der Waals surface area contributed by atoms with E-state index in [0.29, 0.717) is 25.0 Å². The van der Waals surface area contributed by atoms with Gasteiger partial charge in [-0.2, -0.15) is 0 Å². The highest BCUT2D eigenvalue weighted by molar-refractivity contribution is 7.92. The summed E-state index contributed by atoms with van der Waals surface area (Å²) in [6.07, 6.45) is 4.61. The smallest absolute Gasteiger partial charge is 0.243 e. The van der Waals surface area contributed by atoms with Gasteiger partial charge in [0, 0.05) is 33.7 Å². The number of likely N-dealkylation sites (N-methyl/N-ethyl adjacent to an activating group) is 1. The lowest BCUT2D eigenvalue weighted by Crippen LogP contribution is -2.57. The monoisotopic (exact) mass is 402 g/mol. The van der Waals surface area contributed by atoms with Crippen molar-refractivity contribution < 1.29 is 13.2 Å². The van der Waals surface area contributed by atoms with Crippen LogP contribution in [0.3, 0.4) is 0 Å². The van der Waals surface area contributed by atoms with E-state index in [0.717, 1.165) is 19.4 Å². The lowest BCUT2D eigenvalue weighted by molar-refractivity contribution is -0.127. The number of hydrogen-bond acceptors (Lipinski definition) is 4.